The van der Waals surface area contributed by atoms with Crippen molar-refractivity contribution < 1.29 is 0 Å². The fourth-order valence-corrected chi connectivity index (χ4v) is 3.00. The smallest absolute Gasteiger partial charge is 0.0419 e. The quantitative estimate of drug-likeness (QED) is 0.209. The van der Waals surface area contributed by atoms with Gasteiger partial charge in [-0.3, -0.25) is 0 Å². The largest absolute Gasteiger partial charge is 0.356 e. The summed E-state index contributed by atoms with van der Waals surface area (Å²) >= 11 is 0. The number of allylic oxidation sites excluding steroid dienone is 4. The first-order valence-electron chi connectivity index (χ1n) is 10.4. The number of hydrogen-bond acceptors (Lipinski definition) is 1. The fraction of sp³-hybridized carbons (Fsp3) is 0.462. The Hall–Kier alpha value is -2.02. The minimum absolute atomic E-state index is 0.951. The highest BCUT2D eigenvalue weighted by Gasteiger charge is 2.06. The average molecular weight is 366 g/mol. The van der Waals surface area contributed by atoms with Gasteiger partial charge in [-0.25, -0.2) is 0 Å². The summed E-state index contributed by atoms with van der Waals surface area (Å²) in [5, 5.41) is 3.45. The van der Waals surface area contributed by atoms with Crippen LogP contribution in [-0.2, 0) is 0 Å². The Labute approximate surface area is 168 Å². The Morgan fingerprint density at radius 1 is 1.00 bits per heavy atom. The molecule has 0 aliphatic heterocycles. The topological polar surface area (TPSA) is 12.0 Å². The monoisotopic (exact) mass is 365 g/mol. The van der Waals surface area contributed by atoms with Gasteiger partial charge in [-0.15, -0.1) is 0 Å². The third kappa shape index (κ3) is 8.47. The Morgan fingerprint density at radius 2 is 1.67 bits per heavy atom. The van der Waals surface area contributed by atoms with E-state index in [0.29, 0.717) is 0 Å². The Bertz CT molecular complexity index is 675. The summed E-state index contributed by atoms with van der Waals surface area (Å²) in [6.45, 7) is 21.1. The maximum absolute atomic E-state index is 4.32. The van der Waals surface area contributed by atoms with Gasteiger partial charge in [0.1, 0.15) is 0 Å². The van der Waals surface area contributed by atoms with Crippen LogP contribution in [0.25, 0.3) is 5.57 Å². The number of aryl methyl sites for hydroxylation is 1. The molecule has 1 aromatic rings. The molecule has 0 amide bonds. The number of unbranched alkanes of at least 4 members (excludes halogenated alkanes) is 3. The van der Waals surface area contributed by atoms with Gasteiger partial charge in [-0.1, -0.05) is 63.3 Å². The molecule has 0 spiro atoms. The summed E-state index contributed by atoms with van der Waals surface area (Å²) in [7, 11) is 0. The van der Waals surface area contributed by atoms with E-state index in [2.05, 4.69) is 70.1 Å². The predicted molar refractivity (Wildman–Crippen MR) is 124 cm³/mol. The SMILES string of the molecule is C=C(CCCC)CCCCCC(=C)c1ccc(C)c(NC(=C)/C(C)=C/C)c1. The van der Waals surface area contributed by atoms with Crippen molar-refractivity contribution in [3.8, 4) is 0 Å². The summed E-state index contributed by atoms with van der Waals surface area (Å²) in [5.74, 6) is 0. The van der Waals surface area contributed by atoms with E-state index in [0.717, 1.165) is 17.8 Å². The van der Waals surface area contributed by atoms with Crippen LogP contribution < -0.4 is 5.32 Å². The van der Waals surface area contributed by atoms with Gasteiger partial charge in [0.25, 0.3) is 0 Å². The highest BCUT2D eigenvalue weighted by molar-refractivity contribution is 5.70. The first-order chi connectivity index (χ1) is 12.9. The summed E-state index contributed by atoms with van der Waals surface area (Å²) in [4.78, 5) is 0. The van der Waals surface area contributed by atoms with Crippen molar-refractivity contribution in [1.82, 2.24) is 0 Å². The second-order valence-corrected chi connectivity index (χ2v) is 7.62. The fourth-order valence-electron chi connectivity index (χ4n) is 3.00. The van der Waals surface area contributed by atoms with E-state index >= 15 is 0 Å². The molecule has 0 aromatic heterocycles. The Kier molecular flexibility index (Phi) is 10.6. The van der Waals surface area contributed by atoms with Crippen molar-refractivity contribution in [2.75, 3.05) is 5.32 Å². The molecule has 0 bridgehead atoms. The molecular formula is C26H39N. The van der Waals surface area contributed by atoms with E-state index in [9.17, 15) is 0 Å². The van der Waals surface area contributed by atoms with Gasteiger partial charge in [0.05, 0.1) is 0 Å². The van der Waals surface area contributed by atoms with Crippen molar-refractivity contribution in [3.63, 3.8) is 0 Å². The van der Waals surface area contributed by atoms with Crippen LogP contribution in [0.1, 0.15) is 83.3 Å². The number of nitrogens with one attached hydrogen (secondary N) is 1. The lowest BCUT2D eigenvalue weighted by Crippen LogP contribution is -2.01. The summed E-state index contributed by atoms with van der Waals surface area (Å²) in [5.41, 5.74) is 8.32. The lowest BCUT2D eigenvalue weighted by Gasteiger charge is -2.15. The molecule has 0 saturated carbocycles. The molecule has 0 atom stereocenters. The Balaban J connectivity index is 2.50. The van der Waals surface area contributed by atoms with E-state index in [1.165, 1.54) is 72.8 Å². The van der Waals surface area contributed by atoms with Crippen molar-refractivity contribution in [3.05, 3.63) is 72.0 Å². The molecule has 0 heterocycles. The number of anilines is 1. The Morgan fingerprint density at radius 3 is 2.33 bits per heavy atom. The number of hydrogen-bond donors (Lipinski definition) is 1. The van der Waals surface area contributed by atoms with Crippen LogP contribution in [0.3, 0.4) is 0 Å². The molecule has 0 radical (unpaired) electrons. The second-order valence-electron chi connectivity index (χ2n) is 7.62. The van der Waals surface area contributed by atoms with E-state index < -0.39 is 0 Å². The van der Waals surface area contributed by atoms with Crippen molar-refractivity contribution in [2.24, 2.45) is 0 Å². The number of benzene rings is 1. The van der Waals surface area contributed by atoms with Crippen LogP contribution in [0.5, 0.6) is 0 Å². The standard InChI is InChI=1S/C26H39N/c1-8-10-14-20(3)15-12-11-13-16-22(5)25-18-17-23(6)26(19-25)27-24(7)21(4)9-2/h9,17-19,27H,3,5,7-8,10-16H2,1-2,4,6H3/b21-9+. The lowest BCUT2D eigenvalue weighted by atomic mass is 9.97. The van der Waals surface area contributed by atoms with E-state index in [1.807, 2.05) is 6.92 Å². The first kappa shape index (κ1) is 23.0. The van der Waals surface area contributed by atoms with Crippen molar-refractivity contribution in [1.29, 1.82) is 0 Å². The van der Waals surface area contributed by atoms with Crippen LogP contribution in [0.4, 0.5) is 5.69 Å². The van der Waals surface area contributed by atoms with Gasteiger partial charge in [-0.2, -0.15) is 0 Å². The molecule has 1 nitrogen and oxygen atoms in total. The zero-order valence-electron chi connectivity index (χ0n) is 18.1. The third-order valence-corrected chi connectivity index (χ3v) is 5.23. The lowest BCUT2D eigenvalue weighted by molar-refractivity contribution is 0.664. The van der Waals surface area contributed by atoms with Gasteiger partial charge in [0.15, 0.2) is 0 Å². The summed E-state index contributed by atoms with van der Waals surface area (Å²) in [6, 6.07) is 6.55. The number of rotatable bonds is 13. The van der Waals surface area contributed by atoms with Gasteiger partial charge in [-0.05, 0) is 87.6 Å². The maximum Gasteiger partial charge on any atom is 0.0419 e. The van der Waals surface area contributed by atoms with Gasteiger partial charge in [0.2, 0.25) is 0 Å². The summed E-state index contributed by atoms with van der Waals surface area (Å²) < 4.78 is 0. The highest BCUT2D eigenvalue weighted by atomic mass is 14.9. The maximum atomic E-state index is 4.32. The second kappa shape index (κ2) is 12.4. The first-order valence-corrected chi connectivity index (χ1v) is 10.4. The van der Waals surface area contributed by atoms with Crippen LogP contribution >= 0.6 is 0 Å². The van der Waals surface area contributed by atoms with E-state index in [4.69, 9.17) is 0 Å². The minimum Gasteiger partial charge on any atom is -0.356 e. The van der Waals surface area contributed by atoms with Crippen LogP contribution in [0.2, 0.25) is 0 Å². The molecule has 27 heavy (non-hydrogen) atoms. The molecule has 1 aromatic carbocycles. The predicted octanol–water partition coefficient (Wildman–Crippen LogP) is 8.60. The molecule has 148 valence electrons. The molecule has 0 saturated heterocycles. The molecule has 1 N–H and O–H groups in total. The molecule has 0 unspecified atom stereocenters. The third-order valence-electron chi connectivity index (χ3n) is 5.23. The van der Waals surface area contributed by atoms with Crippen LogP contribution in [0, 0.1) is 6.92 Å². The average Bonchev–Trinajstić information content (AvgIpc) is 2.66. The normalized spacial score (nSPS) is 11.3. The van der Waals surface area contributed by atoms with E-state index in [1.54, 1.807) is 0 Å². The van der Waals surface area contributed by atoms with Gasteiger partial charge >= 0.3 is 0 Å². The highest BCUT2D eigenvalue weighted by Crippen LogP contribution is 2.26. The minimum atomic E-state index is 0.951. The molecule has 1 rings (SSSR count). The molecule has 1 heteroatoms. The van der Waals surface area contributed by atoms with Crippen molar-refractivity contribution >= 4 is 11.3 Å². The zero-order valence-corrected chi connectivity index (χ0v) is 18.1. The summed E-state index contributed by atoms with van der Waals surface area (Å²) in [6.07, 6.45) is 11.7. The molecule has 0 aliphatic rings. The van der Waals surface area contributed by atoms with Gasteiger partial charge < -0.3 is 5.32 Å². The molecule has 0 fully saturated rings. The zero-order chi connectivity index (χ0) is 20.2. The molecule has 0 aliphatic carbocycles. The van der Waals surface area contributed by atoms with E-state index in [-0.39, 0.29) is 0 Å². The molecular weight excluding hydrogens is 326 g/mol. The van der Waals surface area contributed by atoms with Crippen molar-refractivity contribution in [2.45, 2.75) is 79.1 Å². The van der Waals surface area contributed by atoms with Crippen LogP contribution in [-0.4, -0.2) is 0 Å². The van der Waals surface area contributed by atoms with Crippen LogP contribution in [0.15, 0.2) is 60.9 Å². The van der Waals surface area contributed by atoms with Gasteiger partial charge in [0, 0.05) is 11.4 Å².